The SMILES string of the molecule is Cc1ccc(S(=O)(=O)OCCOCCOCCOCCO[C@H]2CCCCO2)cc1. The lowest BCUT2D eigenvalue weighted by molar-refractivity contribution is -0.169. The molecule has 0 amide bonds. The Bertz CT molecular complexity index is 641. The zero-order valence-electron chi connectivity index (χ0n) is 17.0. The van der Waals surface area contributed by atoms with Gasteiger partial charge in [-0.05, 0) is 38.3 Å². The molecule has 1 heterocycles. The molecule has 1 aromatic rings. The van der Waals surface area contributed by atoms with Crippen LogP contribution in [0.5, 0.6) is 0 Å². The van der Waals surface area contributed by atoms with Crippen molar-refractivity contribution in [1.29, 1.82) is 0 Å². The maximum atomic E-state index is 12.0. The standard InChI is InChI=1S/C20H32O8S/c1-18-5-7-19(8-6-18)29(21,22)28-17-15-25-13-11-23-10-12-24-14-16-27-20-4-2-3-9-26-20/h5-8,20H,2-4,9-17H2,1H3/t20-/m0/s1. The molecule has 29 heavy (non-hydrogen) atoms. The Morgan fingerprint density at radius 2 is 1.45 bits per heavy atom. The minimum atomic E-state index is -3.74. The fourth-order valence-electron chi connectivity index (χ4n) is 2.60. The molecule has 0 unspecified atom stereocenters. The van der Waals surface area contributed by atoms with E-state index in [1.165, 1.54) is 12.1 Å². The highest BCUT2D eigenvalue weighted by atomic mass is 32.2. The fourth-order valence-corrected chi connectivity index (χ4v) is 3.49. The monoisotopic (exact) mass is 432 g/mol. The molecule has 0 radical (unpaired) electrons. The van der Waals surface area contributed by atoms with Gasteiger partial charge in [0.1, 0.15) is 0 Å². The van der Waals surface area contributed by atoms with Crippen molar-refractivity contribution in [2.45, 2.75) is 37.4 Å². The number of aryl methyl sites for hydroxylation is 1. The second-order valence-corrected chi connectivity index (χ2v) is 8.21. The van der Waals surface area contributed by atoms with E-state index < -0.39 is 10.1 Å². The molecule has 0 bridgehead atoms. The molecule has 8 nitrogen and oxygen atoms in total. The molecule has 1 aliphatic heterocycles. The zero-order valence-corrected chi connectivity index (χ0v) is 17.9. The molecule has 1 atom stereocenters. The molecule has 9 heteroatoms. The molecular formula is C20H32O8S. The minimum Gasteiger partial charge on any atom is -0.377 e. The molecule has 2 rings (SSSR count). The van der Waals surface area contributed by atoms with Crippen LogP contribution in [0.4, 0.5) is 0 Å². The summed E-state index contributed by atoms with van der Waals surface area (Å²) in [4.78, 5) is 0.142. The lowest BCUT2D eigenvalue weighted by Crippen LogP contribution is -2.24. The topological polar surface area (TPSA) is 89.5 Å². The third-order valence-electron chi connectivity index (χ3n) is 4.19. The molecule has 0 aromatic heterocycles. The highest BCUT2D eigenvalue weighted by Crippen LogP contribution is 2.14. The van der Waals surface area contributed by atoms with E-state index in [2.05, 4.69) is 0 Å². The Kier molecular flexibility index (Phi) is 11.7. The van der Waals surface area contributed by atoms with Crippen molar-refractivity contribution in [3.8, 4) is 0 Å². The van der Waals surface area contributed by atoms with Gasteiger partial charge in [-0.2, -0.15) is 8.42 Å². The van der Waals surface area contributed by atoms with Gasteiger partial charge in [-0.3, -0.25) is 4.18 Å². The first kappa shape index (κ1) is 24.2. The lowest BCUT2D eigenvalue weighted by atomic mass is 10.2. The van der Waals surface area contributed by atoms with E-state index in [0.29, 0.717) is 39.6 Å². The predicted octanol–water partition coefficient (Wildman–Crippen LogP) is 2.29. The van der Waals surface area contributed by atoms with E-state index in [1.54, 1.807) is 12.1 Å². The van der Waals surface area contributed by atoms with Gasteiger partial charge in [-0.1, -0.05) is 17.7 Å². The first-order chi connectivity index (χ1) is 14.1. The summed E-state index contributed by atoms with van der Waals surface area (Å²) in [5.74, 6) is 0. The normalized spacial score (nSPS) is 17.5. The van der Waals surface area contributed by atoms with E-state index in [-0.39, 0.29) is 24.4 Å². The number of rotatable bonds is 15. The molecule has 1 aliphatic rings. The molecule has 1 saturated heterocycles. The zero-order chi connectivity index (χ0) is 20.8. The van der Waals surface area contributed by atoms with Crippen LogP contribution in [-0.4, -0.2) is 74.2 Å². The molecule has 1 aromatic carbocycles. The summed E-state index contributed by atoms with van der Waals surface area (Å²) in [6.45, 7) is 5.52. The second-order valence-electron chi connectivity index (χ2n) is 6.59. The largest absolute Gasteiger partial charge is 0.377 e. The number of ether oxygens (including phenoxy) is 5. The first-order valence-corrected chi connectivity index (χ1v) is 11.4. The van der Waals surface area contributed by atoms with Gasteiger partial charge in [0.15, 0.2) is 6.29 Å². The Morgan fingerprint density at radius 3 is 2.03 bits per heavy atom. The molecule has 0 spiro atoms. The van der Waals surface area contributed by atoms with Gasteiger partial charge >= 0.3 is 0 Å². The number of hydrogen-bond donors (Lipinski definition) is 0. The highest BCUT2D eigenvalue weighted by molar-refractivity contribution is 7.86. The van der Waals surface area contributed by atoms with Crippen molar-refractivity contribution in [2.75, 3.05) is 59.5 Å². The summed E-state index contributed by atoms with van der Waals surface area (Å²) >= 11 is 0. The van der Waals surface area contributed by atoms with Gasteiger partial charge in [0.05, 0.1) is 57.8 Å². The van der Waals surface area contributed by atoms with Crippen LogP contribution in [0.15, 0.2) is 29.2 Å². The molecular weight excluding hydrogens is 400 g/mol. The van der Waals surface area contributed by atoms with Gasteiger partial charge in [0, 0.05) is 6.61 Å². The Labute approximate surface area is 173 Å². The summed E-state index contributed by atoms with van der Waals surface area (Å²) in [5, 5.41) is 0. The van der Waals surface area contributed by atoms with Crippen molar-refractivity contribution in [3.05, 3.63) is 29.8 Å². The summed E-state index contributed by atoms with van der Waals surface area (Å²) < 4.78 is 56.1. The summed E-state index contributed by atoms with van der Waals surface area (Å²) in [6.07, 6.45) is 3.12. The van der Waals surface area contributed by atoms with Crippen molar-refractivity contribution >= 4 is 10.1 Å². The van der Waals surface area contributed by atoms with E-state index in [0.717, 1.165) is 31.4 Å². The van der Waals surface area contributed by atoms with Gasteiger partial charge < -0.3 is 23.7 Å². The van der Waals surface area contributed by atoms with E-state index in [9.17, 15) is 8.42 Å². The number of benzene rings is 1. The van der Waals surface area contributed by atoms with E-state index in [4.69, 9.17) is 27.9 Å². The highest BCUT2D eigenvalue weighted by Gasteiger charge is 2.14. The second kappa shape index (κ2) is 14.0. The third kappa shape index (κ3) is 10.5. The summed E-state index contributed by atoms with van der Waals surface area (Å²) in [7, 11) is -3.74. The fraction of sp³-hybridized carbons (Fsp3) is 0.700. The average molecular weight is 433 g/mol. The maximum absolute atomic E-state index is 12.0. The maximum Gasteiger partial charge on any atom is 0.297 e. The van der Waals surface area contributed by atoms with Crippen molar-refractivity contribution in [1.82, 2.24) is 0 Å². The lowest BCUT2D eigenvalue weighted by Gasteiger charge is -2.22. The van der Waals surface area contributed by atoms with E-state index >= 15 is 0 Å². The molecule has 1 fully saturated rings. The molecule has 0 saturated carbocycles. The Morgan fingerprint density at radius 1 is 0.862 bits per heavy atom. The van der Waals surface area contributed by atoms with Crippen molar-refractivity contribution < 1.29 is 36.3 Å². The van der Waals surface area contributed by atoms with Gasteiger partial charge in [-0.15, -0.1) is 0 Å². The van der Waals surface area contributed by atoms with Crippen LogP contribution in [0, 0.1) is 6.92 Å². The number of hydrogen-bond acceptors (Lipinski definition) is 8. The predicted molar refractivity (Wildman–Crippen MR) is 106 cm³/mol. The van der Waals surface area contributed by atoms with Crippen LogP contribution in [0.3, 0.4) is 0 Å². The van der Waals surface area contributed by atoms with Crippen molar-refractivity contribution in [2.24, 2.45) is 0 Å². The van der Waals surface area contributed by atoms with Crippen LogP contribution in [0.2, 0.25) is 0 Å². The quantitative estimate of drug-likeness (QED) is 0.308. The van der Waals surface area contributed by atoms with Gasteiger partial charge in [0.2, 0.25) is 0 Å². The molecule has 0 aliphatic carbocycles. The summed E-state index contributed by atoms with van der Waals surface area (Å²) in [5.41, 5.74) is 0.986. The summed E-state index contributed by atoms with van der Waals surface area (Å²) in [6, 6.07) is 6.51. The van der Waals surface area contributed by atoms with Crippen LogP contribution in [0.25, 0.3) is 0 Å². The molecule has 0 N–H and O–H groups in total. The average Bonchev–Trinajstić information content (AvgIpc) is 2.72. The Balaban J connectivity index is 1.36. The smallest absolute Gasteiger partial charge is 0.297 e. The van der Waals surface area contributed by atoms with Gasteiger partial charge in [0.25, 0.3) is 10.1 Å². The van der Waals surface area contributed by atoms with Crippen LogP contribution < -0.4 is 0 Å². The van der Waals surface area contributed by atoms with Crippen LogP contribution >= 0.6 is 0 Å². The van der Waals surface area contributed by atoms with Gasteiger partial charge in [-0.25, -0.2) is 0 Å². The van der Waals surface area contributed by atoms with E-state index in [1.807, 2.05) is 6.92 Å². The molecule has 166 valence electrons. The van der Waals surface area contributed by atoms with Crippen molar-refractivity contribution in [3.63, 3.8) is 0 Å². The first-order valence-electron chi connectivity index (χ1n) is 10.0. The Hall–Kier alpha value is -1.07. The van der Waals surface area contributed by atoms with Crippen LogP contribution in [0.1, 0.15) is 24.8 Å². The minimum absolute atomic E-state index is 0.0377. The van der Waals surface area contributed by atoms with Crippen LogP contribution in [-0.2, 0) is 38.0 Å². The third-order valence-corrected chi connectivity index (χ3v) is 5.52.